The van der Waals surface area contributed by atoms with Crippen molar-refractivity contribution in [1.29, 1.82) is 0 Å². The van der Waals surface area contributed by atoms with Crippen LogP contribution in [0.4, 0.5) is 4.79 Å². The summed E-state index contributed by atoms with van der Waals surface area (Å²) in [6.07, 6.45) is -0.455. The third-order valence-electron chi connectivity index (χ3n) is 1.93. The van der Waals surface area contributed by atoms with E-state index in [1.54, 1.807) is 20.8 Å². The molecule has 0 aliphatic rings. The van der Waals surface area contributed by atoms with Crippen molar-refractivity contribution >= 4 is 23.4 Å². The maximum atomic E-state index is 11.3. The van der Waals surface area contributed by atoms with Crippen molar-refractivity contribution < 1.29 is 14.6 Å². The lowest BCUT2D eigenvalue weighted by Gasteiger charge is -2.25. The van der Waals surface area contributed by atoms with E-state index in [0.29, 0.717) is 18.2 Å². The molecule has 112 valence electrons. The molecule has 0 radical (unpaired) electrons. The van der Waals surface area contributed by atoms with E-state index in [4.69, 9.17) is 22.1 Å². The highest BCUT2D eigenvalue weighted by Gasteiger charge is 2.17. The molecule has 0 unspecified atom stereocenters. The van der Waals surface area contributed by atoms with E-state index in [0.717, 1.165) is 0 Å². The summed E-state index contributed by atoms with van der Waals surface area (Å²) in [6.45, 7) is 9.94. The molecule has 0 atom stereocenters. The molecule has 0 aliphatic heterocycles. The van der Waals surface area contributed by atoms with Gasteiger partial charge < -0.3 is 25.8 Å². The lowest BCUT2D eigenvalue weighted by molar-refractivity contribution is 0.0529. The van der Waals surface area contributed by atoms with Crippen molar-refractivity contribution in [2.24, 2.45) is 0 Å². The quantitative estimate of drug-likeness (QED) is 0.442. The fourth-order valence-corrected chi connectivity index (χ4v) is 1.42. The third kappa shape index (κ3) is 10.5. The lowest BCUT2D eigenvalue weighted by atomic mass is 10.1. The Labute approximate surface area is 120 Å². The van der Waals surface area contributed by atoms with Gasteiger partial charge in [0.2, 0.25) is 0 Å². The highest BCUT2D eigenvalue weighted by Crippen LogP contribution is 2.05. The summed E-state index contributed by atoms with van der Waals surface area (Å²) >= 11 is 5.06. The van der Waals surface area contributed by atoms with Crippen molar-refractivity contribution in [1.82, 2.24) is 16.0 Å². The Morgan fingerprint density at radius 1 is 1.16 bits per heavy atom. The smallest absolute Gasteiger partial charge is 0.407 e. The second kappa shape index (κ2) is 7.49. The molecule has 0 aromatic heterocycles. The van der Waals surface area contributed by atoms with E-state index in [-0.39, 0.29) is 6.61 Å². The van der Waals surface area contributed by atoms with Crippen LogP contribution >= 0.6 is 12.2 Å². The first-order valence-electron chi connectivity index (χ1n) is 6.19. The number of hydrogen-bond donors (Lipinski definition) is 4. The van der Waals surface area contributed by atoms with Gasteiger partial charge in [-0.05, 0) is 46.8 Å². The fraction of sp³-hybridized carbons (Fsp3) is 0.833. The molecule has 7 heteroatoms. The number of alkyl carbamates (subject to hydrolysis) is 1. The molecule has 19 heavy (non-hydrogen) atoms. The predicted molar refractivity (Wildman–Crippen MR) is 79.1 cm³/mol. The van der Waals surface area contributed by atoms with Gasteiger partial charge in [0.1, 0.15) is 5.60 Å². The maximum Gasteiger partial charge on any atom is 0.407 e. The van der Waals surface area contributed by atoms with Gasteiger partial charge in [-0.25, -0.2) is 4.79 Å². The topological polar surface area (TPSA) is 82.6 Å². The minimum absolute atomic E-state index is 0.0228. The molecule has 6 nitrogen and oxygen atoms in total. The van der Waals surface area contributed by atoms with Crippen molar-refractivity contribution in [2.45, 2.75) is 45.8 Å². The number of hydrogen-bond acceptors (Lipinski definition) is 4. The highest BCUT2D eigenvalue weighted by atomic mass is 32.1. The van der Waals surface area contributed by atoms with Crippen molar-refractivity contribution in [3.05, 3.63) is 0 Å². The summed E-state index contributed by atoms with van der Waals surface area (Å²) in [4.78, 5) is 11.3. The number of carbonyl (C=O) groups is 1. The third-order valence-corrected chi connectivity index (χ3v) is 2.17. The number of carbonyl (C=O) groups excluding carboxylic acids is 1. The largest absolute Gasteiger partial charge is 0.444 e. The van der Waals surface area contributed by atoms with E-state index < -0.39 is 17.2 Å². The molecule has 0 spiro atoms. The first-order chi connectivity index (χ1) is 8.56. The number of aliphatic hydroxyl groups excluding tert-OH is 1. The maximum absolute atomic E-state index is 11.3. The zero-order chi connectivity index (χ0) is 15.1. The van der Waals surface area contributed by atoms with Crippen LogP contribution in [0.5, 0.6) is 0 Å². The summed E-state index contributed by atoms with van der Waals surface area (Å²) in [5, 5.41) is 18.0. The van der Waals surface area contributed by atoms with Crippen molar-refractivity contribution in [2.75, 3.05) is 19.7 Å². The zero-order valence-corrected chi connectivity index (χ0v) is 13.1. The van der Waals surface area contributed by atoms with Crippen molar-refractivity contribution in [3.8, 4) is 0 Å². The Morgan fingerprint density at radius 3 is 2.16 bits per heavy atom. The van der Waals surface area contributed by atoms with Gasteiger partial charge in [0, 0.05) is 13.1 Å². The highest BCUT2D eigenvalue weighted by molar-refractivity contribution is 7.80. The van der Waals surface area contributed by atoms with Gasteiger partial charge in [-0.1, -0.05) is 0 Å². The molecule has 0 aromatic carbocycles. The Hall–Kier alpha value is -1.08. The summed E-state index contributed by atoms with van der Waals surface area (Å²) in [6, 6.07) is 0. The summed E-state index contributed by atoms with van der Waals surface area (Å²) in [7, 11) is 0. The molecule has 0 aliphatic carbocycles. The van der Waals surface area contributed by atoms with E-state index >= 15 is 0 Å². The molecule has 0 saturated carbocycles. The number of amides is 1. The lowest BCUT2D eigenvalue weighted by Crippen LogP contribution is -2.51. The first kappa shape index (κ1) is 17.9. The van der Waals surface area contributed by atoms with Gasteiger partial charge in [-0.2, -0.15) is 0 Å². The van der Waals surface area contributed by atoms with Crippen LogP contribution in [0.2, 0.25) is 0 Å². The molecule has 1 amide bonds. The van der Waals surface area contributed by atoms with Gasteiger partial charge in [-0.15, -0.1) is 0 Å². The molecule has 0 bridgehead atoms. The minimum atomic E-state index is -0.500. The van der Waals surface area contributed by atoms with Crippen LogP contribution in [0.1, 0.15) is 34.6 Å². The van der Waals surface area contributed by atoms with E-state index in [2.05, 4.69) is 16.0 Å². The molecule has 0 fully saturated rings. The van der Waals surface area contributed by atoms with Crippen LogP contribution in [-0.2, 0) is 4.74 Å². The Kier molecular flexibility index (Phi) is 7.07. The molecule has 0 saturated heterocycles. The van der Waals surface area contributed by atoms with Crippen LogP contribution in [0.3, 0.4) is 0 Å². The Bertz CT molecular complexity index is 314. The number of ether oxygens (including phenoxy) is 1. The van der Waals surface area contributed by atoms with Crippen LogP contribution in [0, 0.1) is 0 Å². The van der Waals surface area contributed by atoms with Crippen LogP contribution in [-0.4, -0.2) is 47.1 Å². The van der Waals surface area contributed by atoms with E-state index in [1.807, 2.05) is 13.8 Å². The molecular weight excluding hydrogens is 266 g/mol. The summed E-state index contributed by atoms with van der Waals surface area (Å²) in [5.74, 6) is 0. The molecule has 0 rings (SSSR count). The number of aliphatic hydroxyl groups is 1. The molecular formula is C12H25N3O3S. The standard InChI is InChI=1S/C12H25N3O3S/c1-11(2,3)18-10(17)14-7-6-13-9(19)15-12(4,5)8-16/h16H,6-8H2,1-5H3,(H,14,17)(H2,13,15,19). The summed E-state index contributed by atoms with van der Waals surface area (Å²) < 4.78 is 5.08. The van der Waals surface area contributed by atoms with Crippen LogP contribution in [0.15, 0.2) is 0 Å². The van der Waals surface area contributed by atoms with Gasteiger partial charge >= 0.3 is 6.09 Å². The average Bonchev–Trinajstić information content (AvgIpc) is 2.21. The Balaban J connectivity index is 3.76. The second-order valence-electron chi connectivity index (χ2n) is 5.85. The number of nitrogens with one attached hydrogen (secondary N) is 3. The number of rotatable bonds is 5. The summed E-state index contributed by atoms with van der Waals surface area (Å²) in [5.41, 5.74) is -0.970. The minimum Gasteiger partial charge on any atom is -0.444 e. The second-order valence-corrected chi connectivity index (χ2v) is 6.26. The SMILES string of the molecule is CC(C)(CO)NC(=S)NCCNC(=O)OC(C)(C)C. The molecule has 4 N–H and O–H groups in total. The van der Waals surface area contributed by atoms with E-state index in [1.165, 1.54) is 0 Å². The van der Waals surface area contributed by atoms with Crippen LogP contribution in [0.25, 0.3) is 0 Å². The zero-order valence-electron chi connectivity index (χ0n) is 12.3. The monoisotopic (exact) mass is 291 g/mol. The van der Waals surface area contributed by atoms with Gasteiger partial charge in [0.15, 0.2) is 5.11 Å². The number of thiocarbonyl (C=S) groups is 1. The van der Waals surface area contributed by atoms with Crippen LogP contribution < -0.4 is 16.0 Å². The fourth-order valence-electron chi connectivity index (χ4n) is 1.05. The normalized spacial score (nSPS) is 11.7. The average molecular weight is 291 g/mol. The van der Waals surface area contributed by atoms with Gasteiger partial charge in [-0.3, -0.25) is 0 Å². The molecule has 0 heterocycles. The van der Waals surface area contributed by atoms with Gasteiger partial charge in [0.25, 0.3) is 0 Å². The Morgan fingerprint density at radius 2 is 1.68 bits per heavy atom. The van der Waals surface area contributed by atoms with Gasteiger partial charge in [0.05, 0.1) is 12.1 Å². The van der Waals surface area contributed by atoms with E-state index in [9.17, 15) is 4.79 Å². The predicted octanol–water partition coefficient (Wildman–Crippen LogP) is 0.746. The first-order valence-corrected chi connectivity index (χ1v) is 6.60. The molecule has 0 aromatic rings. The van der Waals surface area contributed by atoms with Crippen molar-refractivity contribution in [3.63, 3.8) is 0 Å².